The topological polar surface area (TPSA) is 34.9 Å². The van der Waals surface area contributed by atoms with Crippen LogP contribution in [0.1, 0.15) is 43.2 Å². The molecule has 4 rings (SSSR count). The molecule has 0 radical (unpaired) electrons. The van der Waals surface area contributed by atoms with Gasteiger partial charge in [0.05, 0.1) is 11.1 Å². The van der Waals surface area contributed by atoms with Gasteiger partial charge < -0.3 is 0 Å². The second-order valence-corrected chi connectivity index (χ2v) is 11.0. The number of hydrogen-bond donors (Lipinski definition) is 0. The number of aromatic nitrogens is 2. The van der Waals surface area contributed by atoms with Crippen LogP contribution in [0, 0.1) is 18.3 Å². The van der Waals surface area contributed by atoms with Crippen LogP contribution in [0.5, 0.6) is 0 Å². The molecule has 0 fully saturated rings. The molecule has 0 amide bonds. The molecule has 29 heavy (non-hydrogen) atoms. The molecule has 1 aromatic carbocycles. The Bertz CT molecular complexity index is 1120. The molecule has 2 heterocycles. The fourth-order valence-electron chi connectivity index (χ4n) is 4.10. The number of rotatable bonds is 4. The molecule has 0 aliphatic heterocycles. The van der Waals surface area contributed by atoms with Gasteiger partial charge in [-0.25, -0.2) is 4.98 Å². The molecule has 3 aromatic rings. The highest BCUT2D eigenvalue weighted by molar-refractivity contribution is 7.99. The smallest absolute Gasteiger partial charge is 0.267 e. The van der Waals surface area contributed by atoms with Crippen LogP contribution >= 0.6 is 23.1 Å². The molecule has 1 unspecified atom stereocenters. The van der Waals surface area contributed by atoms with E-state index in [0.29, 0.717) is 5.92 Å². The Labute approximate surface area is 180 Å². The molecule has 0 bridgehead atoms. The first kappa shape index (κ1) is 20.4. The highest BCUT2D eigenvalue weighted by Crippen LogP contribution is 2.42. The van der Waals surface area contributed by atoms with E-state index in [4.69, 9.17) is 4.98 Å². The summed E-state index contributed by atoms with van der Waals surface area (Å²) >= 11 is 3.29. The minimum absolute atomic E-state index is 0.0668. The van der Waals surface area contributed by atoms with Crippen LogP contribution in [0.15, 0.2) is 46.9 Å². The van der Waals surface area contributed by atoms with E-state index in [1.165, 1.54) is 16.0 Å². The third kappa shape index (κ3) is 3.82. The van der Waals surface area contributed by atoms with Crippen LogP contribution in [0.3, 0.4) is 0 Å². The Morgan fingerprint density at radius 1 is 1.31 bits per heavy atom. The van der Waals surface area contributed by atoms with Gasteiger partial charge in [0, 0.05) is 10.6 Å². The first-order chi connectivity index (χ1) is 13.8. The van der Waals surface area contributed by atoms with E-state index in [-0.39, 0.29) is 11.0 Å². The molecule has 1 aliphatic rings. The van der Waals surface area contributed by atoms with Crippen LogP contribution in [0.25, 0.3) is 15.9 Å². The van der Waals surface area contributed by atoms with Gasteiger partial charge in [-0.1, -0.05) is 56.3 Å². The minimum Gasteiger partial charge on any atom is -0.268 e. The molecule has 1 atom stereocenters. The number of thioether (sulfide) groups is 1. The summed E-state index contributed by atoms with van der Waals surface area (Å²) in [6.07, 6.45) is 5.02. The monoisotopic (exact) mass is 424 g/mol. The largest absolute Gasteiger partial charge is 0.268 e. The van der Waals surface area contributed by atoms with Gasteiger partial charge >= 0.3 is 0 Å². The van der Waals surface area contributed by atoms with Crippen LogP contribution in [0.4, 0.5) is 0 Å². The van der Waals surface area contributed by atoms with Gasteiger partial charge in [0.1, 0.15) is 4.83 Å². The van der Waals surface area contributed by atoms with Crippen molar-refractivity contribution < 1.29 is 0 Å². The maximum absolute atomic E-state index is 13.7. The van der Waals surface area contributed by atoms with Crippen LogP contribution < -0.4 is 5.56 Å². The lowest BCUT2D eigenvalue weighted by atomic mass is 9.72. The fraction of sp³-hybridized carbons (Fsp3) is 0.417. The van der Waals surface area contributed by atoms with E-state index in [2.05, 4.69) is 34.3 Å². The summed E-state index contributed by atoms with van der Waals surface area (Å²) in [4.78, 5) is 20.9. The maximum Gasteiger partial charge on any atom is 0.267 e. The zero-order valence-electron chi connectivity index (χ0n) is 17.6. The van der Waals surface area contributed by atoms with Gasteiger partial charge in [-0.2, -0.15) is 0 Å². The maximum atomic E-state index is 13.7. The van der Waals surface area contributed by atoms with E-state index in [1.807, 2.05) is 30.3 Å². The Morgan fingerprint density at radius 3 is 2.69 bits per heavy atom. The summed E-state index contributed by atoms with van der Waals surface area (Å²) in [5.74, 6) is 1.37. The average molecular weight is 425 g/mol. The lowest BCUT2D eigenvalue weighted by Gasteiger charge is -2.33. The molecular weight excluding hydrogens is 396 g/mol. The van der Waals surface area contributed by atoms with E-state index >= 15 is 0 Å². The van der Waals surface area contributed by atoms with E-state index < -0.39 is 0 Å². The highest BCUT2D eigenvalue weighted by atomic mass is 32.2. The summed E-state index contributed by atoms with van der Waals surface area (Å²) in [5.41, 5.74) is 3.65. The molecule has 5 heteroatoms. The van der Waals surface area contributed by atoms with Crippen LogP contribution in [0.2, 0.25) is 0 Å². The lowest BCUT2D eigenvalue weighted by molar-refractivity contribution is 0.218. The van der Waals surface area contributed by atoms with Crippen molar-refractivity contribution in [1.29, 1.82) is 0 Å². The predicted molar refractivity (Wildman–Crippen MR) is 126 cm³/mol. The molecule has 3 nitrogen and oxygen atoms in total. The van der Waals surface area contributed by atoms with Gasteiger partial charge in [-0.05, 0) is 55.2 Å². The lowest BCUT2D eigenvalue weighted by Crippen LogP contribution is -2.27. The normalized spacial score (nSPS) is 16.8. The van der Waals surface area contributed by atoms with Gasteiger partial charge in [0.15, 0.2) is 5.16 Å². The number of fused-ring (bicyclic) bond motifs is 3. The second kappa shape index (κ2) is 7.77. The van der Waals surface area contributed by atoms with Crippen LogP contribution in [-0.4, -0.2) is 15.3 Å². The molecule has 0 saturated heterocycles. The van der Waals surface area contributed by atoms with Crippen molar-refractivity contribution in [2.24, 2.45) is 11.3 Å². The van der Waals surface area contributed by atoms with Crippen molar-refractivity contribution in [1.82, 2.24) is 9.55 Å². The Kier molecular flexibility index (Phi) is 5.47. The third-order valence-corrected chi connectivity index (χ3v) is 7.98. The average Bonchev–Trinajstić information content (AvgIpc) is 3.04. The summed E-state index contributed by atoms with van der Waals surface area (Å²) in [6, 6.07) is 8.11. The van der Waals surface area contributed by atoms with Gasteiger partial charge in [-0.3, -0.25) is 9.36 Å². The summed E-state index contributed by atoms with van der Waals surface area (Å²) < 4.78 is 1.79. The zero-order valence-corrected chi connectivity index (χ0v) is 19.3. The quantitative estimate of drug-likeness (QED) is 0.285. The minimum atomic E-state index is 0.0668. The van der Waals surface area contributed by atoms with Gasteiger partial charge in [0.25, 0.3) is 5.56 Å². The second-order valence-electron chi connectivity index (χ2n) is 8.96. The van der Waals surface area contributed by atoms with Crippen molar-refractivity contribution in [3.63, 3.8) is 0 Å². The fourth-order valence-corrected chi connectivity index (χ4v) is 6.19. The van der Waals surface area contributed by atoms with Crippen molar-refractivity contribution >= 4 is 33.3 Å². The highest BCUT2D eigenvalue weighted by Gasteiger charge is 2.32. The Hall–Kier alpha value is -1.85. The van der Waals surface area contributed by atoms with Crippen molar-refractivity contribution in [2.75, 3.05) is 5.75 Å². The van der Waals surface area contributed by atoms with Crippen molar-refractivity contribution in [3.8, 4) is 5.69 Å². The number of hydrogen-bond acceptors (Lipinski definition) is 4. The molecule has 0 saturated carbocycles. The van der Waals surface area contributed by atoms with E-state index in [1.54, 1.807) is 27.7 Å². The third-order valence-electron chi connectivity index (χ3n) is 5.90. The standard InChI is InChI=1S/C24H28N2OS2/c1-6-13-28-23-25-21-20(22(27)26(23)17-10-7-15(2)8-11-17)18-12-9-16(24(3,4)5)14-19(18)29-21/h6-8,10-11,16H,1,9,12-14H2,2-5H3. The number of thiophene rings is 1. The summed E-state index contributed by atoms with van der Waals surface area (Å²) in [7, 11) is 0. The van der Waals surface area contributed by atoms with E-state index in [9.17, 15) is 4.79 Å². The predicted octanol–water partition coefficient (Wildman–Crippen LogP) is 6.18. The zero-order chi connectivity index (χ0) is 20.8. The number of nitrogens with zero attached hydrogens (tertiary/aromatic N) is 2. The van der Waals surface area contributed by atoms with Crippen LogP contribution in [-0.2, 0) is 12.8 Å². The van der Waals surface area contributed by atoms with Crippen molar-refractivity contribution in [3.05, 3.63) is 63.3 Å². The SMILES string of the molecule is C=CCSc1nc2sc3c(c2c(=O)n1-c1ccc(C)cc1)CCC(C(C)(C)C)C3. The first-order valence-corrected chi connectivity index (χ1v) is 12.0. The molecule has 0 N–H and O–H groups in total. The molecule has 1 aliphatic carbocycles. The number of benzene rings is 1. The van der Waals surface area contributed by atoms with E-state index in [0.717, 1.165) is 46.1 Å². The number of aryl methyl sites for hydroxylation is 2. The molecular formula is C24H28N2OS2. The van der Waals surface area contributed by atoms with Gasteiger partial charge in [0.2, 0.25) is 0 Å². The first-order valence-electron chi connectivity index (χ1n) is 10.2. The summed E-state index contributed by atoms with van der Waals surface area (Å²) in [5, 5.41) is 1.58. The summed E-state index contributed by atoms with van der Waals surface area (Å²) in [6.45, 7) is 12.8. The Balaban J connectivity index is 1.91. The molecule has 2 aromatic heterocycles. The molecule has 0 spiro atoms. The van der Waals surface area contributed by atoms with Crippen molar-refractivity contribution in [2.45, 2.75) is 52.1 Å². The molecule has 152 valence electrons. The van der Waals surface area contributed by atoms with Gasteiger partial charge in [-0.15, -0.1) is 17.9 Å². The Morgan fingerprint density at radius 2 is 2.03 bits per heavy atom.